The predicted octanol–water partition coefficient (Wildman–Crippen LogP) is 5.05. The number of benzene rings is 2. The summed E-state index contributed by atoms with van der Waals surface area (Å²) in [5, 5.41) is 4.38. The molecule has 0 amide bonds. The molecule has 4 heteroatoms. The van der Waals surface area contributed by atoms with Crippen LogP contribution in [0.1, 0.15) is 11.1 Å². The lowest BCUT2D eigenvalue weighted by Crippen LogP contribution is -2.00. The molecule has 0 aliphatic carbocycles. The molecule has 0 unspecified atom stereocenters. The van der Waals surface area contributed by atoms with Gasteiger partial charge in [-0.1, -0.05) is 29.3 Å². The van der Waals surface area contributed by atoms with E-state index in [1.807, 2.05) is 6.07 Å². The summed E-state index contributed by atoms with van der Waals surface area (Å²) in [6.45, 7) is 2.23. The van der Waals surface area contributed by atoms with E-state index in [1.165, 1.54) is 6.07 Å². The fraction of sp³-hybridized carbons (Fsp3) is 0.143. The van der Waals surface area contributed by atoms with Crippen LogP contribution in [0.4, 0.5) is 10.1 Å². The molecule has 0 atom stereocenters. The zero-order chi connectivity index (χ0) is 13.1. The highest BCUT2D eigenvalue weighted by Crippen LogP contribution is 2.22. The molecule has 0 heterocycles. The van der Waals surface area contributed by atoms with E-state index in [-0.39, 0.29) is 5.82 Å². The van der Waals surface area contributed by atoms with Crippen molar-refractivity contribution in [2.75, 3.05) is 5.32 Å². The second-order valence-corrected chi connectivity index (χ2v) is 4.90. The van der Waals surface area contributed by atoms with Crippen molar-refractivity contribution < 1.29 is 4.39 Å². The predicted molar refractivity (Wildman–Crippen MR) is 74.9 cm³/mol. The maximum Gasteiger partial charge on any atom is 0.128 e. The van der Waals surface area contributed by atoms with Gasteiger partial charge in [0.05, 0.1) is 0 Å². The zero-order valence-electron chi connectivity index (χ0n) is 9.81. The lowest BCUT2D eigenvalue weighted by atomic mass is 10.2. The van der Waals surface area contributed by atoms with E-state index in [4.69, 9.17) is 23.2 Å². The minimum atomic E-state index is -0.225. The molecule has 0 radical (unpaired) electrons. The molecule has 94 valence electrons. The first-order valence-corrected chi connectivity index (χ1v) is 6.26. The van der Waals surface area contributed by atoms with Gasteiger partial charge >= 0.3 is 0 Å². The third-order valence-corrected chi connectivity index (χ3v) is 3.27. The highest BCUT2D eigenvalue weighted by molar-refractivity contribution is 6.33. The van der Waals surface area contributed by atoms with E-state index in [2.05, 4.69) is 5.32 Å². The van der Waals surface area contributed by atoms with E-state index in [0.717, 1.165) is 5.56 Å². The molecule has 0 aliphatic rings. The van der Waals surface area contributed by atoms with Gasteiger partial charge in [0.2, 0.25) is 0 Å². The van der Waals surface area contributed by atoms with Crippen LogP contribution in [0.2, 0.25) is 10.0 Å². The standard InChI is InChI=1S/C14H12Cl2FN/c1-9-2-4-12(7-14(9)17)18-8-10-6-11(15)3-5-13(10)16/h2-7,18H,8H2,1H3. The highest BCUT2D eigenvalue weighted by atomic mass is 35.5. The first-order valence-electron chi connectivity index (χ1n) is 5.50. The van der Waals surface area contributed by atoms with Gasteiger partial charge in [-0.3, -0.25) is 0 Å². The van der Waals surface area contributed by atoms with Crippen molar-refractivity contribution in [3.63, 3.8) is 0 Å². The van der Waals surface area contributed by atoms with Crippen molar-refractivity contribution in [3.8, 4) is 0 Å². The van der Waals surface area contributed by atoms with Crippen LogP contribution in [0.5, 0.6) is 0 Å². The van der Waals surface area contributed by atoms with Crippen LogP contribution in [-0.2, 0) is 6.54 Å². The Bertz CT molecular complexity index is 570. The van der Waals surface area contributed by atoms with Gasteiger partial charge in [0.25, 0.3) is 0 Å². The number of nitrogens with one attached hydrogen (secondary N) is 1. The Morgan fingerprint density at radius 3 is 2.61 bits per heavy atom. The van der Waals surface area contributed by atoms with Gasteiger partial charge in [-0.05, 0) is 48.4 Å². The van der Waals surface area contributed by atoms with Gasteiger partial charge in [-0.2, -0.15) is 0 Å². The second-order valence-electron chi connectivity index (χ2n) is 4.05. The summed E-state index contributed by atoms with van der Waals surface area (Å²) in [5.41, 5.74) is 2.22. The third-order valence-electron chi connectivity index (χ3n) is 2.66. The molecule has 0 fully saturated rings. The van der Waals surface area contributed by atoms with Crippen LogP contribution in [0.25, 0.3) is 0 Å². The molecular formula is C14H12Cl2FN. The van der Waals surface area contributed by atoms with Crippen molar-refractivity contribution in [2.45, 2.75) is 13.5 Å². The van der Waals surface area contributed by atoms with Crippen molar-refractivity contribution in [2.24, 2.45) is 0 Å². The Morgan fingerprint density at radius 1 is 1.11 bits per heavy atom. The maximum absolute atomic E-state index is 13.4. The van der Waals surface area contributed by atoms with Crippen molar-refractivity contribution in [1.82, 2.24) is 0 Å². The highest BCUT2D eigenvalue weighted by Gasteiger charge is 2.03. The fourth-order valence-corrected chi connectivity index (χ4v) is 1.96. The fourth-order valence-electron chi connectivity index (χ4n) is 1.58. The lowest BCUT2D eigenvalue weighted by Gasteiger charge is -2.09. The van der Waals surface area contributed by atoms with E-state index in [0.29, 0.717) is 27.8 Å². The molecular weight excluding hydrogens is 272 g/mol. The molecule has 1 nitrogen and oxygen atoms in total. The SMILES string of the molecule is Cc1ccc(NCc2cc(Cl)ccc2Cl)cc1F. The monoisotopic (exact) mass is 283 g/mol. The lowest BCUT2D eigenvalue weighted by molar-refractivity contribution is 0.619. The first kappa shape index (κ1) is 13.2. The van der Waals surface area contributed by atoms with E-state index < -0.39 is 0 Å². The van der Waals surface area contributed by atoms with Crippen LogP contribution in [0, 0.1) is 12.7 Å². The number of halogens is 3. The molecule has 2 aromatic carbocycles. The summed E-state index contributed by atoms with van der Waals surface area (Å²) in [7, 11) is 0. The molecule has 0 aliphatic heterocycles. The Labute approximate surface area is 116 Å². The second kappa shape index (κ2) is 5.59. The molecule has 0 saturated heterocycles. The van der Waals surface area contributed by atoms with E-state index >= 15 is 0 Å². The Morgan fingerprint density at radius 2 is 1.89 bits per heavy atom. The molecule has 0 spiro atoms. The maximum atomic E-state index is 13.4. The van der Waals surface area contributed by atoms with E-state index in [9.17, 15) is 4.39 Å². The van der Waals surface area contributed by atoms with Gasteiger partial charge in [0.1, 0.15) is 5.82 Å². The number of rotatable bonds is 3. The van der Waals surface area contributed by atoms with Gasteiger partial charge in [-0.25, -0.2) is 4.39 Å². The average molecular weight is 284 g/mol. The minimum Gasteiger partial charge on any atom is -0.381 e. The van der Waals surface area contributed by atoms with Crippen molar-refractivity contribution in [1.29, 1.82) is 0 Å². The van der Waals surface area contributed by atoms with Crippen molar-refractivity contribution in [3.05, 3.63) is 63.4 Å². The van der Waals surface area contributed by atoms with Crippen LogP contribution in [-0.4, -0.2) is 0 Å². The van der Waals surface area contributed by atoms with Crippen LogP contribution in [0.3, 0.4) is 0 Å². The summed E-state index contributed by atoms with van der Waals surface area (Å²) < 4.78 is 13.4. The van der Waals surface area contributed by atoms with Gasteiger partial charge in [-0.15, -0.1) is 0 Å². The number of hydrogen-bond acceptors (Lipinski definition) is 1. The van der Waals surface area contributed by atoms with Gasteiger partial charge in [0.15, 0.2) is 0 Å². The topological polar surface area (TPSA) is 12.0 Å². The Balaban J connectivity index is 2.11. The van der Waals surface area contributed by atoms with Gasteiger partial charge in [0, 0.05) is 22.3 Å². The molecule has 1 N–H and O–H groups in total. The van der Waals surface area contributed by atoms with Crippen molar-refractivity contribution >= 4 is 28.9 Å². The van der Waals surface area contributed by atoms with Crippen LogP contribution in [0.15, 0.2) is 36.4 Å². The zero-order valence-corrected chi connectivity index (χ0v) is 11.3. The molecule has 0 aromatic heterocycles. The smallest absolute Gasteiger partial charge is 0.128 e. The number of hydrogen-bond donors (Lipinski definition) is 1. The van der Waals surface area contributed by atoms with Gasteiger partial charge < -0.3 is 5.32 Å². The Kier molecular flexibility index (Phi) is 4.10. The first-order chi connectivity index (χ1) is 8.56. The summed E-state index contributed by atoms with van der Waals surface area (Å²) in [5.74, 6) is -0.225. The summed E-state index contributed by atoms with van der Waals surface area (Å²) in [6.07, 6.45) is 0. The normalized spacial score (nSPS) is 10.4. The number of aryl methyl sites for hydroxylation is 1. The molecule has 2 rings (SSSR count). The quantitative estimate of drug-likeness (QED) is 0.831. The summed E-state index contributed by atoms with van der Waals surface area (Å²) in [6, 6.07) is 10.3. The van der Waals surface area contributed by atoms with Crippen LogP contribution >= 0.6 is 23.2 Å². The summed E-state index contributed by atoms with van der Waals surface area (Å²) >= 11 is 11.9. The minimum absolute atomic E-state index is 0.225. The number of anilines is 1. The molecule has 0 bridgehead atoms. The van der Waals surface area contributed by atoms with E-state index in [1.54, 1.807) is 31.2 Å². The summed E-state index contributed by atoms with van der Waals surface area (Å²) in [4.78, 5) is 0. The molecule has 0 saturated carbocycles. The largest absolute Gasteiger partial charge is 0.381 e. The average Bonchev–Trinajstić information content (AvgIpc) is 2.34. The third kappa shape index (κ3) is 3.15. The Hall–Kier alpha value is -1.25. The van der Waals surface area contributed by atoms with Crippen LogP contribution < -0.4 is 5.32 Å². The molecule has 18 heavy (non-hydrogen) atoms. The molecule has 2 aromatic rings.